The largest absolute Gasteiger partial charge is 0.300 e. The van der Waals surface area contributed by atoms with E-state index in [1.165, 1.54) is 83.5 Å². The summed E-state index contributed by atoms with van der Waals surface area (Å²) >= 11 is 0. The summed E-state index contributed by atoms with van der Waals surface area (Å²) in [6.45, 7) is 87.5. The highest BCUT2D eigenvalue weighted by Gasteiger charge is 2.22. The molecular formula is C114H228O12. The van der Waals surface area contributed by atoms with Crippen LogP contribution in [0.25, 0.3) is 0 Å². The van der Waals surface area contributed by atoms with Crippen molar-refractivity contribution in [1.29, 1.82) is 0 Å². The summed E-state index contributed by atoms with van der Waals surface area (Å²) < 4.78 is 0. The summed E-state index contributed by atoms with van der Waals surface area (Å²) in [4.78, 5) is 129. The van der Waals surface area contributed by atoms with Gasteiger partial charge in [0.15, 0.2) is 0 Å². The SMILES string of the molecule is CC(=O)CCC(C)(C)C(C)C.CC(=O)CCC(C)C(C)C.CC(=O)CCC(C)CC(C)C.CC(=O)CCCC(C)C.CC(=O)CCCCC(C)C.CC(=O)CCCCCC(C)C.CC(C)CCCC(=O)C(C)C.CCC(=O)CCCC(C)C.CCC(=O)CCCC(C)C.CCC(=O)CCCC(C)C.CCC(CCC(C)=O)C(C)C.CCCCC(=O)CCCC(C)C. The number of rotatable bonds is 60. The quantitative estimate of drug-likeness (QED) is 0.0522. The van der Waals surface area contributed by atoms with Crippen LogP contribution in [-0.4, -0.2) is 69.4 Å². The van der Waals surface area contributed by atoms with Gasteiger partial charge in [-0.2, -0.15) is 0 Å². The molecule has 0 aromatic rings. The second-order valence-electron chi connectivity index (χ2n) is 42.8. The third-order valence-corrected chi connectivity index (χ3v) is 22.4. The maximum Gasteiger partial charge on any atom is 0.135 e. The molecule has 0 aromatic carbocycles. The Bertz CT molecular complexity index is 2420. The second kappa shape index (κ2) is 105. The van der Waals surface area contributed by atoms with E-state index in [-0.39, 0.29) is 5.92 Å². The van der Waals surface area contributed by atoms with Gasteiger partial charge in [0, 0.05) is 109 Å². The van der Waals surface area contributed by atoms with Crippen molar-refractivity contribution in [1.82, 2.24) is 0 Å². The van der Waals surface area contributed by atoms with Gasteiger partial charge in [0.2, 0.25) is 0 Å². The zero-order valence-electron chi connectivity index (χ0n) is 93.0. The molecule has 0 aliphatic heterocycles. The van der Waals surface area contributed by atoms with Gasteiger partial charge in [-0.15, -0.1) is 0 Å². The van der Waals surface area contributed by atoms with Gasteiger partial charge in [-0.05, 0) is 233 Å². The Labute approximate surface area is 789 Å². The van der Waals surface area contributed by atoms with Crippen molar-refractivity contribution in [3.63, 3.8) is 0 Å². The molecule has 3 atom stereocenters. The minimum atomic E-state index is 0.224. The van der Waals surface area contributed by atoms with Gasteiger partial charge >= 0.3 is 0 Å². The highest BCUT2D eigenvalue weighted by atomic mass is 16.2. The van der Waals surface area contributed by atoms with Gasteiger partial charge < -0.3 is 33.6 Å². The highest BCUT2D eigenvalue weighted by Crippen LogP contribution is 2.31. The number of carbonyl (C=O) groups is 12. The molecule has 12 heteroatoms. The molecular weight excluding hydrogens is 1560 g/mol. The van der Waals surface area contributed by atoms with Gasteiger partial charge in [-0.3, -0.25) is 24.0 Å². The Hall–Kier alpha value is -3.96. The van der Waals surface area contributed by atoms with Crippen molar-refractivity contribution in [3.8, 4) is 0 Å². The van der Waals surface area contributed by atoms with Crippen LogP contribution in [0.1, 0.15) is 567 Å². The molecule has 126 heavy (non-hydrogen) atoms. The van der Waals surface area contributed by atoms with Crippen molar-refractivity contribution >= 4 is 69.4 Å². The van der Waals surface area contributed by atoms with Crippen molar-refractivity contribution in [2.45, 2.75) is 567 Å². The Morgan fingerprint density at radius 3 is 0.762 bits per heavy atom. The van der Waals surface area contributed by atoms with Crippen molar-refractivity contribution in [2.75, 3.05) is 0 Å². The van der Waals surface area contributed by atoms with Crippen LogP contribution in [0.4, 0.5) is 0 Å². The molecule has 0 heterocycles. The average Bonchev–Trinajstić information content (AvgIpc) is 0.902. The van der Waals surface area contributed by atoms with E-state index in [1.807, 2.05) is 34.6 Å². The number of unbranched alkanes of at least 4 members (excludes halogenated alkanes) is 4. The molecule has 0 radical (unpaired) electrons. The first-order chi connectivity index (χ1) is 58.1. The predicted molar refractivity (Wildman–Crippen MR) is 555 cm³/mol. The van der Waals surface area contributed by atoms with E-state index in [9.17, 15) is 57.5 Å². The molecule has 0 bridgehead atoms. The van der Waals surface area contributed by atoms with Crippen LogP contribution in [0.5, 0.6) is 0 Å². The third-order valence-electron chi connectivity index (χ3n) is 22.4. The first-order valence-electron chi connectivity index (χ1n) is 52.1. The number of ketones is 12. The molecule has 756 valence electrons. The zero-order chi connectivity index (χ0) is 101. The Kier molecular flexibility index (Phi) is 123. The smallest absolute Gasteiger partial charge is 0.135 e. The molecule has 0 rings (SSSR count). The van der Waals surface area contributed by atoms with Crippen LogP contribution in [-0.2, 0) is 57.5 Å². The van der Waals surface area contributed by atoms with Crippen LogP contribution in [0.15, 0.2) is 0 Å². The molecule has 0 aliphatic carbocycles. The van der Waals surface area contributed by atoms with E-state index in [2.05, 4.69) is 208 Å². The minimum Gasteiger partial charge on any atom is -0.300 e. The van der Waals surface area contributed by atoms with E-state index < -0.39 is 0 Å². The van der Waals surface area contributed by atoms with Crippen molar-refractivity contribution in [2.24, 2.45) is 100 Å². The number of Topliss-reactive ketones (excluding diaryl/α,β-unsaturated/α-hetero) is 12. The Morgan fingerprint density at radius 2 is 0.500 bits per heavy atom. The Balaban J connectivity index is -0.000000113. The molecule has 0 spiro atoms. The predicted octanol–water partition coefficient (Wildman–Crippen LogP) is 35.1. The first-order valence-corrected chi connectivity index (χ1v) is 52.1. The summed E-state index contributed by atoms with van der Waals surface area (Å²) in [6, 6.07) is 0. The van der Waals surface area contributed by atoms with Crippen molar-refractivity contribution in [3.05, 3.63) is 0 Å². The fourth-order valence-electron chi connectivity index (χ4n) is 11.9. The molecule has 0 amide bonds. The minimum absolute atomic E-state index is 0.224. The first kappa shape index (κ1) is 148. The lowest BCUT2D eigenvalue weighted by atomic mass is 9.77. The van der Waals surface area contributed by atoms with Crippen molar-refractivity contribution < 1.29 is 57.5 Å². The molecule has 0 aliphatic rings. The van der Waals surface area contributed by atoms with Crippen LogP contribution in [0, 0.1) is 100 Å². The maximum absolute atomic E-state index is 11.2. The molecule has 0 saturated heterocycles. The van der Waals surface area contributed by atoms with Gasteiger partial charge in [-0.25, -0.2) is 0 Å². The monoisotopic (exact) mass is 1790 g/mol. The average molecular weight is 1790 g/mol. The van der Waals surface area contributed by atoms with Crippen LogP contribution in [0.2, 0.25) is 0 Å². The van der Waals surface area contributed by atoms with Gasteiger partial charge in [-0.1, -0.05) is 326 Å². The van der Waals surface area contributed by atoms with Crippen LogP contribution >= 0.6 is 0 Å². The molecule has 0 saturated carbocycles. The van der Waals surface area contributed by atoms with E-state index >= 15 is 0 Å². The fourth-order valence-corrected chi connectivity index (χ4v) is 11.9. The number of hydrogen-bond donors (Lipinski definition) is 0. The van der Waals surface area contributed by atoms with E-state index in [0.29, 0.717) is 118 Å². The van der Waals surface area contributed by atoms with E-state index in [0.717, 1.165) is 238 Å². The number of carbonyl (C=O) groups excluding carboxylic acids is 12. The second-order valence-corrected chi connectivity index (χ2v) is 42.8. The summed E-state index contributed by atoms with van der Waals surface area (Å²) in [5.41, 5.74) is 0.311. The Morgan fingerprint density at radius 1 is 0.238 bits per heavy atom. The van der Waals surface area contributed by atoms with E-state index in [4.69, 9.17) is 0 Å². The van der Waals surface area contributed by atoms with Crippen LogP contribution in [0.3, 0.4) is 0 Å². The topological polar surface area (TPSA) is 205 Å². The molecule has 0 aromatic heterocycles. The molecule has 3 unspecified atom stereocenters. The maximum atomic E-state index is 11.2. The fraction of sp³-hybridized carbons (Fsp3) is 0.895. The molecule has 12 nitrogen and oxygen atoms in total. The molecule has 0 fully saturated rings. The lowest BCUT2D eigenvalue weighted by Gasteiger charge is -2.28. The van der Waals surface area contributed by atoms with Crippen LogP contribution < -0.4 is 0 Å². The normalized spacial score (nSPS) is 11.5. The summed E-state index contributed by atoms with van der Waals surface area (Å²) in [5.74, 6) is 15.5. The summed E-state index contributed by atoms with van der Waals surface area (Å²) in [5, 5.41) is 0. The summed E-state index contributed by atoms with van der Waals surface area (Å²) in [7, 11) is 0. The van der Waals surface area contributed by atoms with Gasteiger partial charge in [0.25, 0.3) is 0 Å². The number of hydrogen-bond acceptors (Lipinski definition) is 12. The van der Waals surface area contributed by atoms with Gasteiger partial charge in [0.05, 0.1) is 0 Å². The lowest BCUT2D eigenvalue weighted by Crippen LogP contribution is -2.19. The van der Waals surface area contributed by atoms with Gasteiger partial charge in [0.1, 0.15) is 69.4 Å². The third kappa shape index (κ3) is 163. The van der Waals surface area contributed by atoms with E-state index in [1.54, 1.807) is 48.5 Å². The summed E-state index contributed by atoms with van der Waals surface area (Å²) in [6.07, 6.45) is 43.0. The standard InChI is InChI=1S/C11H22O.5C10H20O.5C9H18O.C8H16O/c1-4-5-8-11(12)9-6-7-10(2)3;1-8(2)10(4,5)7-6-9(3)11;1-8(2)7-9(3)5-6-10(4)11;1-8(2)6-5-7-10(11)9(3)4;1-9(2)7-5-4-6-8-10(3)11;1-5-10(8(2)3)7-6-9(4)11;1-7(2)8(3)5-6-9(4)10;1-8(2)6-4-5-7-9(3)10;3*1-4-9(10)7-5-6-8(2)3;1-7(2)5-4-6-8(3)9/h10H,4-9H2,1-3H3;8H,6-7H2,1-5H3;2*8-9H,5-7H2,1-4H3;9H,4-8H2,1-3H3;8,10H,5-7H2,1-4H3;7-8H,5-6H2,1-4H3;4*8H,4-7H2,1-3H3;7H,4-6H2,1-3H3. The lowest BCUT2D eigenvalue weighted by molar-refractivity contribution is -0.122. The highest BCUT2D eigenvalue weighted by molar-refractivity contribution is 5.81. The molecule has 0 N–H and O–H groups in total. The zero-order valence-corrected chi connectivity index (χ0v) is 93.0.